The summed E-state index contributed by atoms with van der Waals surface area (Å²) in [7, 11) is 0. The van der Waals surface area contributed by atoms with Gasteiger partial charge in [0.1, 0.15) is 0 Å². The van der Waals surface area contributed by atoms with E-state index in [1.54, 1.807) is 0 Å². The van der Waals surface area contributed by atoms with E-state index in [0.717, 1.165) is 51.9 Å². The molecule has 0 unspecified atom stereocenters. The quantitative estimate of drug-likeness (QED) is 0.889. The number of pyridine rings is 1. The van der Waals surface area contributed by atoms with Crippen molar-refractivity contribution in [2.24, 2.45) is 11.8 Å². The van der Waals surface area contributed by atoms with E-state index in [1.807, 2.05) is 12.4 Å². The van der Waals surface area contributed by atoms with Crippen LogP contribution in [0.2, 0.25) is 0 Å². The minimum atomic E-state index is 0.197. The molecule has 0 aromatic carbocycles. The molecule has 0 bridgehead atoms. The maximum Gasteiger partial charge on any atom is 0.223 e. The fraction of sp³-hybridized carbons (Fsp3) is 0.667. The molecule has 1 amide bonds. The summed E-state index contributed by atoms with van der Waals surface area (Å²) in [5.74, 6) is 1.06. The summed E-state index contributed by atoms with van der Waals surface area (Å²) in [5.41, 5.74) is 1.26. The topological polar surface area (TPSA) is 57.3 Å². The Morgan fingerprint density at radius 3 is 2.74 bits per heavy atom. The average molecular weight is 316 g/mol. The van der Waals surface area contributed by atoms with Crippen molar-refractivity contribution in [3.8, 4) is 0 Å². The first-order chi connectivity index (χ1) is 11.2. The third-order valence-electron chi connectivity index (χ3n) is 5.20. The van der Waals surface area contributed by atoms with Crippen LogP contribution in [-0.2, 0) is 4.79 Å². The Morgan fingerprint density at radius 2 is 2.04 bits per heavy atom. The minimum absolute atomic E-state index is 0.197. The number of nitrogens with one attached hydrogen (secondary N) is 2. The van der Waals surface area contributed by atoms with Gasteiger partial charge in [-0.05, 0) is 57.2 Å². The van der Waals surface area contributed by atoms with Gasteiger partial charge in [-0.15, -0.1) is 0 Å². The number of amides is 1. The lowest BCUT2D eigenvalue weighted by molar-refractivity contribution is -0.126. The molecular formula is C18H28N4O. The monoisotopic (exact) mass is 316 g/mol. The highest BCUT2D eigenvalue weighted by atomic mass is 16.1. The zero-order chi connectivity index (χ0) is 16.1. The zero-order valence-electron chi connectivity index (χ0n) is 14.0. The average Bonchev–Trinajstić information content (AvgIpc) is 2.61. The summed E-state index contributed by atoms with van der Waals surface area (Å²) >= 11 is 0. The maximum absolute atomic E-state index is 12.3. The van der Waals surface area contributed by atoms with Crippen LogP contribution >= 0.6 is 0 Å². The van der Waals surface area contributed by atoms with E-state index in [9.17, 15) is 4.79 Å². The number of hydrogen-bond donors (Lipinski definition) is 2. The van der Waals surface area contributed by atoms with Crippen LogP contribution < -0.4 is 15.5 Å². The zero-order valence-corrected chi connectivity index (χ0v) is 14.0. The van der Waals surface area contributed by atoms with E-state index in [1.165, 1.54) is 5.69 Å². The molecule has 1 aromatic heterocycles. The molecule has 2 fully saturated rings. The molecule has 2 atom stereocenters. The molecule has 1 aromatic rings. The van der Waals surface area contributed by atoms with Gasteiger partial charge in [0.05, 0.1) is 0 Å². The second kappa shape index (κ2) is 7.77. The lowest BCUT2D eigenvalue weighted by atomic mass is 9.91. The first-order valence-electron chi connectivity index (χ1n) is 8.88. The van der Waals surface area contributed by atoms with E-state index >= 15 is 0 Å². The first-order valence-corrected chi connectivity index (χ1v) is 8.88. The predicted molar refractivity (Wildman–Crippen MR) is 92.4 cm³/mol. The van der Waals surface area contributed by atoms with E-state index in [-0.39, 0.29) is 11.8 Å². The molecule has 5 heteroatoms. The number of carbonyl (C=O) groups excluding carboxylic acids is 1. The van der Waals surface area contributed by atoms with Gasteiger partial charge in [0, 0.05) is 49.7 Å². The molecule has 126 valence electrons. The van der Waals surface area contributed by atoms with Gasteiger partial charge in [-0.25, -0.2) is 0 Å². The van der Waals surface area contributed by atoms with Gasteiger partial charge in [0.25, 0.3) is 0 Å². The standard InChI is InChI=1S/C18H28N4O/c1-14-12-16(2-9-20-14)18(23)21-13-15-5-10-22(11-6-15)17-3-7-19-8-4-17/h3-4,7-8,14-16,20H,2,5-6,9-13H2,1H3,(H,21,23)/t14-,16-/m0/s1. The van der Waals surface area contributed by atoms with Crippen LogP contribution in [0, 0.1) is 11.8 Å². The summed E-state index contributed by atoms with van der Waals surface area (Å²) in [4.78, 5) is 18.8. The van der Waals surface area contributed by atoms with E-state index in [0.29, 0.717) is 12.0 Å². The first kappa shape index (κ1) is 16.2. The molecule has 0 saturated carbocycles. The van der Waals surface area contributed by atoms with E-state index < -0.39 is 0 Å². The number of carbonyl (C=O) groups is 1. The number of nitrogens with zero attached hydrogens (tertiary/aromatic N) is 2. The van der Waals surface area contributed by atoms with Crippen molar-refractivity contribution in [2.45, 2.75) is 38.6 Å². The van der Waals surface area contributed by atoms with Gasteiger partial charge in [-0.3, -0.25) is 9.78 Å². The van der Waals surface area contributed by atoms with E-state index in [2.05, 4.69) is 39.6 Å². The Morgan fingerprint density at radius 1 is 1.30 bits per heavy atom. The summed E-state index contributed by atoms with van der Waals surface area (Å²) in [5, 5.41) is 6.60. The smallest absolute Gasteiger partial charge is 0.223 e. The van der Waals surface area contributed by atoms with Crippen LogP contribution in [0.25, 0.3) is 0 Å². The van der Waals surface area contributed by atoms with Gasteiger partial charge in [0.2, 0.25) is 5.91 Å². The van der Waals surface area contributed by atoms with Gasteiger partial charge in [-0.2, -0.15) is 0 Å². The van der Waals surface area contributed by atoms with Crippen molar-refractivity contribution in [1.29, 1.82) is 0 Å². The van der Waals surface area contributed by atoms with Gasteiger partial charge in [0.15, 0.2) is 0 Å². The van der Waals surface area contributed by atoms with Crippen LogP contribution in [0.3, 0.4) is 0 Å². The van der Waals surface area contributed by atoms with Crippen LogP contribution in [0.5, 0.6) is 0 Å². The second-order valence-corrected chi connectivity index (χ2v) is 6.96. The minimum Gasteiger partial charge on any atom is -0.371 e. The number of piperidine rings is 2. The Kier molecular flexibility index (Phi) is 5.49. The number of rotatable bonds is 4. The normalized spacial score (nSPS) is 26.0. The predicted octanol–water partition coefficient (Wildman–Crippen LogP) is 1.80. The lowest BCUT2D eigenvalue weighted by Crippen LogP contribution is -2.44. The van der Waals surface area contributed by atoms with Crippen LogP contribution in [-0.4, -0.2) is 43.1 Å². The molecule has 3 rings (SSSR count). The fourth-order valence-electron chi connectivity index (χ4n) is 3.71. The Balaban J connectivity index is 1.40. The van der Waals surface area contributed by atoms with Crippen molar-refractivity contribution >= 4 is 11.6 Å². The molecule has 5 nitrogen and oxygen atoms in total. The Bertz CT molecular complexity index is 499. The number of anilines is 1. The lowest BCUT2D eigenvalue weighted by Gasteiger charge is -2.34. The number of hydrogen-bond acceptors (Lipinski definition) is 4. The van der Waals surface area contributed by atoms with Crippen molar-refractivity contribution in [2.75, 3.05) is 31.1 Å². The highest BCUT2D eigenvalue weighted by molar-refractivity contribution is 5.78. The molecule has 23 heavy (non-hydrogen) atoms. The Labute approximate surface area is 138 Å². The molecule has 2 saturated heterocycles. The molecule has 0 aliphatic carbocycles. The third kappa shape index (κ3) is 4.44. The maximum atomic E-state index is 12.3. The van der Waals surface area contributed by atoms with Crippen molar-refractivity contribution < 1.29 is 4.79 Å². The Hall–Kier alpha value is -1.62. The van der Waals surface area contributed by atoms with Crippen molar-refractivity contribution in [1.82, 2.24) is 15.6 Å². The molecule has 0 spiro atoms. The van der Waals surface area contributed by atoms with Crippen molar-refractivity contribution in [3.63, 3.8) is 0 Å². The SMILES string of the molecule is C[C@H]1C[C@@H](C(=O)NCC2CCN(c3ccncc3)CC2)CCN1. The number of aromatic nitrogens is 1. The summed E-state index contributed by atoms with van der Waals surface area (Å²) in [6, 6.07) is 4.60. The van der Waals surface area contributed by atoms with Crippen LogP contribution in [0.1, 0.15) is 32.6 Å². The fourth-order valence-corrected chi connectivity index (χ4v) is 3.71. The van der Waals surface area contributed by atoms with Crippen molar-refractivity contribution in [3.05, 3.63) is 24.5 Å². The molecule has 2 aliphatic rings. The molecular weight excluding hydrogens is 288 g/mol. The molecule has 2 N–H and O–H groups in total. The summed E-state index contributed by atoms with van der Waals surface area (Å²) in [6.45, 7) is 6.09. The van der Waals surface area contributed by atoms with E-state index in [4.69, 9.17) is 0 Å². The largest absolute Gasteiger partial charge is 0.371 e. The second-order valence-electron chi connectivity index (χ2n) is 6.96. The highest BCUT2D eigenvalue weighted by Crippen LogP contribution is 2.22. The summed E-state index contributed by atoms with van der Waals surface area (Å²) < 4.78 is 0. The molecule has 0 radical (unpaired) electrons. The highest BCUT2D eigenvalue weighted by Gasteiger charge is 2.26. The summed E-state index contributed by atoms with van der Waals surface area (Å²) in [6.07, 6.45) is 7.92. The molecule has 2 aliphatic heterocycles. The van der Waals surface area contributed by atoms with Gasteiger partial charge in [-0.1, -0.05) is 0 Å². The third-order valence-corrected chi connectivity index (χ3v) is 5.20. The van der Waals surface area contributed by atoms with Gasteiger partial charge < -0.3 is 15.5 Å². The molecule has 3 heterocycles. The van der Waals surface area contributed by atoms with Gasteiger partial charge >= 0.3 is 0 Å². The van der Waals surface area contributed by atoms with Crippen LogP contribution in [0.15, 0.2) is 24.5 Å². The van der Waals surface area contributed by atoms with Crippen LogP contribution in [0.4, 0.5) is 5.69 Å².